The van der Waals surface area contributed by atoms with Crippen molar-refractivity contribution >= 4 is 0 Å². The lowest BCUT2D eigenvalue weighted by Gasteiger charge is -2.18. The second kappa shape index (κ2) is 5.44. The maximum atomic E-state index is 13.9. The summed E-state index contributed by atoms with van der Waals surface area (Å²) in [6.07, 6.45) is 1.85. The van der Waals surface area contributed by atoms with Crippen LogP contribution in [-0.4, -0.2) is 19.3 Å². The van der Waals surface area contributed by atoms with Gasteiger partial charge in [-0.2, -0.15) is 0 Å². The molecule has 2 heteroatoms. The first kappa shape index (κ1) is 11.6. The van der Waals surface area contributed by atoms with Gasteiger partial charge in [0.05, 0.1) is 0 Å². The molecule has 1 N–H and O–H groups in total. The number of benzene rings is 1. The lowest BCUT2D eigenvalue weighted by Crippen LogP contribution is -2.18. The maximum absolute atomic E-state index is 13.9. The van der Waals surface area contributed by atoms with E-state index in [1.807, 2.05) is 0 Å². The lowest BCUT2D eigenvalue weighted by atomic mass is 9.91. The molecule has 88 valence electrons. The number of halogens is 1. The number of hydrogen-bond acceptors (Lipinski definition) is 1. The van der Waals surface area contributed by atoms with Gasteiger partial charge in [0.1, 0.15) is 6.17 Å². The van der Waals surface area contributed by atoms with E-state index < -0.39 is 6.17 Å². The van der Waals surface area contributed by atoms with Crippen LogP contribution in [0.2, 0.25) is 0 Å². The third-order valence-electron chi connectivity index (χ3n) is 3.38. The van der Waals surface area contributed by atoms with Gasteiger partial charge in [-0.1, -0.05) is 29.8 Å². The first-order valence-corrected chi connectivity index (χ1v) is 6.16. The highest BCUT2D eigenvalue weighted by atomic mass is 19.1. The molecule has 2 atom stereocenters. The maximum Gasteiger partial charge on any atom is 0.104 e. The van der Waals surface area contributed by atoms with Crippen molar-refractivity contribution in [1.29, 1.82) is 0 Å². The first-order valence-electron chi connectivity index (χ1n) is 6.16. The zero-order valence-electron chi connectivity index (χ0n) is 9.88. The van der Waals surface area contributed by atoms with Crippen molar-refractivity contribution in [2.45, 2.75) is 32.4 Å². The van der Waals surface area contributed by atoms with Gasteiger partial charge in [-0.25, -0.2) is 4.39 Å². The molecule has 0 aliphatic carbocycles. The molecule has 1 heterocycles. The molecule has 1 aromatic rings. The Morgan fingerprint density at radius 1 is 1.31 bits per heavy atom. The van der Waals surface area contributed by atoms with Gasteiger partial charge in [0.15, 0.2) is 0 Å². The molecule has 1 nitrogen and oxygen atoms in total. The van der Waals surface area contributed by atoms with Crippen LogP contribution in [0.5, 0.6) is 0 Å². The fourth-order valence-electron chi connectivity index (χ4n) is 2.44. The van der Waals surface area contributed by atoms with E-state index in [4.69, 9.17) is 0 Å². The zero-order chi connectivity index (χ0) is 11.4. The van der Waals surface area contributed by atoms with Crippen LogP contribution in [0.1, 0.15) is 24.0 Å². The van der Waals surface area contributed by atoms with Crippen LogP contribution >= 0.6 is 0 Å². The third-order valence-corrected chi connectivity index (χ3v) is 3.38. The Balaban J connectivity index is 2.02. The van der Waals surface area contributed by atoms with Crippen molar-refractivity contribution in [1.82, 2.24) is 5.32 Å². The molecule has 2 unspecified atom stereocenters. The van der Waals surface area contributed by atoms with Gasteiger partial charge in [0.2, 0.25) is 0 Å². The van der Waals surface area contributed by atoms with E-state index in [0.717, 1.165) is 25.9 Å². The molecule has 0 aromatic heterocycles. The number of aryl methyl sites for hydroxylation is 1. The monoisotopic (exact) mass is 221 g/mol. The molecule has 1 saturated heterocycles. The molecule has 2 rings (SSSR count). The second-order valence-corrected chi connectivity index (χ2v) is 4.80. The minimum Gasteiger partial charge on any atom is -0.317 e. The highest BCUT2D eigenvalue weighted by Crippen LogP contribution is 2.22. The van der Waals surface area contributed by atoms with Crippen molar-refractivity contribution in [3.8, 4) is 0 Å². The summed E-state index contributed by atoms with van der Waals surface area (Å²) in [4.78, 5) is 0. The Bertz CT molecular complexity index is 337. The Kier molecular flexibility index (Phi) is 3.94. The standard InChI is InChI=1S/C14H20FN/c1-11-3-2-4-12(9-11)10-13-5-7-16-8-6-14(13)15/h2-4,9,13-14,16H,5-8,10H2,1H3. The molecule has 0 radical (unpaired) electrons. The zero-order valence-corrected chi connectivity index (χ0v) is 9.88. The van der Waals surface area contributed by atoms with Gasteiger partial charge in [0.25, 0.3) is 0 Å². The predicted octanol–water partition coefficient (Wildman–Crippen LogP) is 2.88. The van der Waals surface area contributed by atoms with Crippen molar-refractivity contribution in [3.63, 3.8) is 0 Å². The van der Waals surface area contributed by atoms with Crippen LogP contribution in [0.25, 0.3) is 0 Å². The fraction of sp³-hybridized carbons (Fsp3) is 0.571. The van der Waals surface area contributed by atoms with Gasteiger partial charge < -0.3 is 5.32 Å². The molecule has 16 heavy (non-hydrogen) atoms. The van der Waals surface area contributed by atoms with E-state index in [1.54, 1.807) is 0 Å². The molecule has 0 bridgehead atoms. The van der Waals surface area contributed by atoms with Gasteiger partial charge >= 0.3 is 0 Å². The smallest absolute Gasteiger partial charge is 0.104 e. The SMILES string of the molecule is Cc1cccc(CC2CCNCCC2F)c1. The van der Waals surface area contributed by atoms with Crippen molar-refractivity contribution in [2.24, 2.45) is 5.92 Å². The number of hydrogen-bond donors (Lipinski definition) is 1. The van der Waals surface area contributed by atoms with Gasteiger partial charge in [-0.05, 0) is 50.8 Å². The molecule has 0 spiro atoms. The molecule has 1 aliphatic rings. The van der Waals surface area contributed by atoms with Crippen LogP contribution in [0.3, 0.4) is 0 Å². The Morgan fingerprint density at radius 2 is 2.12 bits per heavy atom. The van der Waals surface area contributed by atoms with E-state index in [2.05, 4.69) is 36.5 Å². The largest absolute Gasteiger partial charge is 0.317 e. The van der Waals surface area contributed by atoms with E-state index in [1.165, 1.54) is 11.1 Å². The predicted molar refractivity (Wildman–Crippen MR) is 65.4 cm³/mol. The van der Waals surface area contributed by atoms with E-state index in [0.29, 0.717) is 6.42 Å². The minimum absolute atomic E-state index is 0.191. The normalized spacial score (nSPS) is 26.4. The topological polar surface area (TPSA) is 12.0 Å². The summed E-state index contributed by atoms with van der Waals surface area (Å²) in [5, 5.41) is 3.26. The average Bonchev–Trinajstić information content (AvgIpc) is 2.45. The Labute approximate surface area is 97.1 Å². The van der Waals surface area contributed by atoms with Crippen LogP contribution in [-0.2, 0) is 6.42 Å². The summed E-state index contributed by atoms with van der Waals surface area (Å²) in [6.45, 7) is 3.87. The third kappa shape index (κ3) is 3.05. The average molecular weight is 221 g/mol. The van der Waals surface area contributed by atoms with Crippen LogP contribution in [0.15, 0.2) is 24.3 Å². The fourth-order valence-corrected chi connectivity index (χ4v) is 2.44. The summed E-state index contributed by atoms with van der Waals surface area (Å²) < 4.78 is 13.9. The molecule has 1 aliphatic heterocycles. The summed E-state index contributed by atoms with van der Waals surface area (Å²) in [5.41, 5.74) is 2.54. The van der Waals surface area contributed by atoms with E-state index in [9.17, 15) is 4.39 Å². The number of alkyl halides is 1. The van der Waals surface area contributed by atoms with Crippen LogP contribution < -0.4 is 5.32 Å². The van der Waals surface area contributed by atoms with Crippen molar-refractivity contribution in [2.75, 3.05) is 13.1 Å². The lowest BCUT2D eigenvalue weighted by molar-refractivity contribution is 0.219. The molecule has 0 amide bonds. The summed E-state index contributed by atoms with van der Waals surface area (Å²) >= 11 is 0. The highest BCUT2D eigenvalue weighted by Gasteiger charge is 2.23. The Morgan fingerprint density at radius 3 is 2.94 bits per heavy atom. The summed E-state index contributed by atoms with van der Waals surface area (Å²) in [5.74, 6) is 0.191. The van der Waals surface area contributed by atoms with Gasteiger partial charge in [-0.15, -0.1) is 0 Å². The number of rotatable bonds is 2. The molecule has 1 fully saturated rings. The summed E-state index contributed by atoms with van der Waals surface area (Å²) in [6, 6.07) is 8.43. The molecular weight excluding hydrogens is 201 g/mol. The quantitative estimate of drug-likeness (QED) is 0.809. The number of nitrogens with one attached hydrogen (secondary N) is 1. The molecule has 1 aromatic carbocycles. The Hall–Kier alpha value is -0.890. The van der Waals surface area contributed by atoms with Gasteiger partial charge in [0, 0.05) is 0 Å². The van der Waals surface area contributed by atoms with E-state index >= 15 is 0 Å². The van der Waals surface area contributed by atoms with Gasteiger partial charge in [-0.3, -0.25) is 0 Å². The minimum atomic E-state index is -0.643. The van der Waals surface area contributed by atoms with Crippen molar-refractivity contribution in [3.05, 3.63) is 35.4 Å². The first-order chi connectivity index (χ1) is 7.75. The van der Waals surface area contributed by atoms with Crippen LogP contribution in [0.4, 0.5) is 4.39 Å². The molecule has 0 saturated carbocycles. The van der Waals surface area contributed by atoms with Crippen LogP contribution in [0, 0.1) is 12.8 Å². The molecular formula is C14H20FN. The van der Waals surface area contributed by atoms with E-state index in [-0.39, 0.29) is 5.92 Å². The van der Waals surface area contributed by atoms with Crippen molar-refractivity contribution < 1.29 is 4.39 Å². The summed E-state index contributed by atoms with van der Waals surface area (Å²) in [7, 11) is 0. The second-order valence-electron chi connectivity index (χ2n) is 4.80. The highest BCUT2D eigenvalue weighted by molar-refractivity contribution is 5.22.